The van der Waals surface area contributed by atoms with Gasteiger partial charge in [-0.2, -0.15) is 0 Å². The molecule has 2 heterocycles. The van der Waals surface area contributed by atoms with Crippen LogP contribution in [0.25, 0.3) is 0 Å². The molecule has 2 aromatic carbocycles. The van der Waals surface area contributed by atoms with Crippen molar-refractivity contribution in [3.8, 4) is 11.5 Å². The molecule has 0 saturated carbocycles. The number of ketones is 1. The molecule has 0 fully saturated rings. The number of methoxy groups -OCH3 is 2. The summed E-state index contributed by atoms with van der Waals surface area (Å²) in [6, 6.07) is 19.2. The predicted molar refractivity (Wildman–Crippen MR) is 143 cm³/mol. The summed E-state index contributed by atoms with van der Waals surface area (Å²) in [7, 11) is 3.14. The number of allylic oxidation sites excluding steroid dienone is 3. The molecule has 2 aliphatic rings. The fourth-order valence-corrected chi connectivity index (χ4v) is 6.12. The summed E-state index contributed by atoms with van der Waals surface area (Å²) in [4.78, 5) is 28.6. The molecule has 7 heteroatoms. The lowest BCUT2D eigenvalue weighted by atomic mass is 9.72. The minimum Gasteiger partial charge on any atom is -0.493 e. The van der Waals surface area contributed by atoms with Crippen LogP contribution < -0.4 is 14.8 Å². The average molecular weight is 516 g/mol. The number of benzene rings is 2. The minimum absolute atomic E-state index is 0.0166. The lowest BCUT2D eigenvalue weighted by molar-refractivity contribution is -0.140. The first-order valence-electron chi connectivity index (χ1n) is 12.2. The van der Waals surface area contributed by atoms with Gasteiger partial charge in [0.05, 0.1) is 25.7 Å². The SMILES string of the molecule is COc1cccc(C2C(C(=O)OCc3ccccc3)=C(C)NC3=C2C(=O)CC(c2cccs2)C3)c1OC. The summed E-state index contributed by atoms with van der Waals surface area (Å²) in [5.74, 6) is 0.0480. The highest BCUT2D eigenvalue weighted by molar-refractivity contribution is 7.10. The quantitative estimate of drug-likeness (QED) is 0.397. The molecule has 6 nitrogen and oxygen atoms in total. The van der Waals surface area contributed by atoms with Crippen molar-refractivity contribution in [2.75, 3.05) is 14.2 Å². The van der Waals surface area contributed by atoms with Crippen molar-refractivity contribution in [3.05, 3.63) is 105 Å². The van der Waals surface area contributed by atoms with Crippen molar-refractivity contribution in [2.24, 2.45) is 0 Å². The normalized spacial score (nSPS) is 19.3. The molecule has 2 unspecified atom stereocenters. The number of Topliss-reactive ketones (excluding diaryl/α,β-unsaturated/α-hetero) is 1. The van der Waals surface area contributed by atoms with E-state index in [0.29, 0.717) is 46.7 Å². The Morgan fingerprint density at radius 1 is 1.00 bits per heavy atom. The highest BCUT2D eigenvalue weighted by Crippen LogP contribution is 2.49. The van der Waals surface area contributed by atoms with Crippen LogP contribution in [-0.4, -0.2) is 26.0 Å². The molecule has 1 aliphatic heterocycles. The molecule has 3 aromatic rings. The Hall–Kier alpha value is -3.84. The first-order chi connectivity index (χ1) is 18.0. The number of rotatable bonds is 7. The molecule has 190 valence electrons. The Morgan fingerprint density at radius 3 is 2.51 bits per heavy atom. The lowest BCUT2D eigenvalue weighted by Crippen LogP contribution is -2.36. The van der Waals surface area contributed by atoms with E-state index in [2.05, 4.69) is 11.4 Å². The third-order valence-electron chi connectivity index (χ3n) is 6.95. The van der Waals surface area contributed by atoms with Crippen molar-refractivity contribution in [1.82, 2.24) is 5.32 Å². The van der Waals surface area contributed by atoms with E-state index in [1.807, 2.05) is 60.8 Å². The van der Waals surface area contributed by atoms with Crippen molar-refractivity contribution >= 4 is 23.1 Å². The van der Waals surface area contributed by atoms with Crippen molar-refractivity contribution < 1.29 is 23.8 Å². The fraction of sp³-hybridized carbons (Fsp3) is 0.267. The van der Waals surface area contributed by atoms with E-state index in [1.54, 1.807) is 31.6 Å². The summed E-state index contributed by atoms with van der Waals surface area (Å²) in [6.45, 7) is 2.00. The summed E-state index contributed by atoms with van der Waals surface area (Å²) >= 11 is 1.66. The van der Waals surface area contributed by atoms with Crippen molar-refractivity contribution in [3.63, 3.8) is 0 Å². The maximum Gasteiger partial charge on any atom is 0.337 e. The van der Waals surface area contributed by atoms with E-state index in [0.717, 1.165) is 11.3 Å². The molecule has 0 radical (unpaired) electrons. The zero-order valence-electron chi connectivity index (χ0n) is 21.1. The number of hydrogen-bond donors (Lipinski definition) is 1. The van der Waals surface area contributed by atoms with Crippen LogP contribution in [0.15, 0.2) is 88.6 Å². The molecule has 0 amide bonds. The third-order valence-corrected chi connectivity index (χ3v) is 7.99. The van der Waals surface area contributed by atoms with Gasteiger partial charge in [0, 0.05) is 39.7 Å². The summed E-state index contributed by atoms with van der Waals surface area (Å²) in [5.41, 5.74) is 4.11. The molecule has 2 atom stereocenters. The summed E-state index contributed by atoms with van der Waals surface area (Å²) in [5, 5.41) is 5.44. The van der Waals surface area contributed by atoms with Gasteiger partial charge in [0.2, 0.25) is 0 Å². The number of ether oxygens (including phenoxy) is 3. The lowest BCUT2D eigenvalue weighted by Gasteiger charge is -2.37. The van der Waals surface area contributed by atoms with E-state index in [-0.39, 0.29) is 18.3 Å². The second-order valence-electron chi connectivity index (χ2n) is 9.18. The van der Waals surface area contributed by atoms with E-state index in [1.165, 1.54) is 4.88 Å². The van der Waals surface area contributed by atoms with E-state index >= 15 is 0 Å². The maximum absolute atomic E-state index is 13.8. The van der Waals surface area contributed by atoms with Crippen LogP contribution in [0.3, 0.4) is 0 Å². The Kier molecular flexibility index (Phi) is 7.15. The second kappa shape index (κ2) is 10.6. The topological polar surface area (TPSA) is 73.9 Å². The molecular weight excluding hydrogens is 486 g/mol. The first kappa shape index (κ1) is 24.8. The first-order valence-corrected chi connectivity index (χ1v) is 13.1. The van der Waals surface area contributed by atoms with Crippen molar-refractivity contribution in [2.45, 2.75) is 38.2 Å². The summed E-state index contributed by atoms with van der Waals surface area (Å²) in [6.07, 6.45) is 1.07. The zero-order valence-corrected chi connectivity index (χ0v) is 21.9. The highest BCUT2D eigenvalue weighted by atomic mass is 32.1. The number of hydrogen-bond acceptors (Lipinski definition) is 7. The van der Waals surface area contributed by atoms with Gasteiger partial charge < -0.3 is 19.5 Å². The molecule has 0 spiro atoms. The number of nitrogens with one attached hydrogen (secondary N) is 1. The molecular formula is C30H29NO5S. The van der Waals surface area contributed by atoms with Gasteiger partial charge in [0.1, 0.15) is 6.61 Å². The van der Waals surface area contributed by atoms with Gasteiger partial charge in [0.25, 0.3) is 0 Å². The van der Waals surface area contributed by atoms with Gasteiger partial charge in [-0.1, -0.05) is 48.5 Å². The van der Waals surface area contributed by atoms with Crippen LogP contribution in [0.4, 0.5) is 0 Å². The fourth-order valence-electron chi connectivity index (χ4n) is 5.29. The third kappa shape index (κ3) is 4.79. The van der Waals surface area contributed by atoms with Crippen LogP contribution in [0.1, 0.15) is 47.6 Å². The number of esters is 1. The zero-order chi connectivity index (χ0) is 25.9. The molecule has 0 bridgehead atoms. The number of para-hydroxylation sites is 1. The van der Waals surface area contributed by atoms with Gasteiger partial charge in [-0.25, -0.2) is 4.79 Å². The molecule has 0 saturated heterocycles. The van der Waals surface area contributed by atoms with Gasteiger partial charge >= 0.3 is 5.97 Å². The van der Waals surface area contributed by atoms with Gasteiger partial charge in [-0.05, 0) is 36.4 Å². The van der Waals surface area contributed by atoms with E-state index in [4.69, 9.17) is 14.2 Å². The minimum atomic E-state index is -0.638. The number of dihydropyridines is 1. The smallest absolute Gasteiger partial charge is 0.337 e. The van der Waals surface area contributed by atoms with Crippen LogP contribution in [0, 0.1) is 0 Å². The Balaban J connectivity index is 1.58. The summed E-state index contributed by atoms with van der Waals surface area (Å²) < 4.78 is 17.1. The average Bonchev–Trinajstić information content (AvgIpc) is 3.46. The molecule has 1 aromatic heterocycles. The number of carbonyl (C=O) groups is 2. The molecule has 37 heavy (non-hydrogen) atoms. The Bertz CT molecular complexity index is 1370. The monoisotopic (exact) mass is 515 g/mol. The van der Waals surface area contributed by atoms with Crippen LogP contribution in [0.2, 0.25) is 0 Å². The predicted octanol–water partition coefficient (Wildman–Crippen LogP) is 5.87. The Labute approximate surface area is 220 Å². The second-order valence-corrected chi connectivity index (χ2v) is 10.2. The maximum atomic E-state index is 13.8. The van der Waals surface area contributed by atoms with Crippen LogP contribution >= 0.6 is 11.3 Å². The van der Waals surface area contributed by atoms with Crippen LogP contribution in [-0.2, 0) is 20.9 Å². The van der Waals surface area contributed by atoms with Gasteiger partial charge in [-0.3, -0.25) is 4.79 Å². The van der Waals surface area contributed by atoms with Gasteiger partial charge in [-0.15, -0.1) is 11.3 Å². The molecule has 1 aliphatic carbocycles. The number of carbonyl (C=O) groups excluding carboxylic acids is 2. The highest BCUT2D eigenvalue weighted by Gasteiger charge is 2.43. The van der Waals surface area contributed by atoms with Crippen molar-refractivity contribution in [1.29, 1.82) is 0 Å². The van der Waals surface area contributed by atoms with E-state index < -0.39 is 11.9 Å². The van der Waals surface area contributed by atoms with Gasteiger partial charge in [0.15, 0.2) is 17.3 Å². The van der Waals surface area contributed by atoms with E-state index in [9.17, 15) is 9.59 Å². The largest absolute Gasteiger partial charge is 0.493 e. The Morgan fingerprint density at radius 2 is 1.81 bits per heavy atom. The van der Waals surface area contributed by atoms with Crippen LogP contribution in [0.5, 0.6) is 11.5 Å². The molecule has 5 rings (SSSR count). The standard InChI is InChI=1S/C30H29NO5S/c1-18-26(30(33)36-17-19-9-5-4-6-10-19)27(21-11-7-12-24(34-2)29(21)35-3)28-22(31-18)15-20(16-23(28)32)25-13-8-14-37-25/h4-14,20,27,31H,15-17H2,1-3H3. The molecule has 1 N–H and O–H groups in total. The number of thiophene rings is 1.